The molecule has 1 N–H and O–H groups in total. The quantitative estimate of drug-likeness (QED) is 0.876. The molecule has 0 saturated carbocycles. The van der Waals surface area contributed by atoms with Crippen LogP contribution >= 0.6 is 11.6 Å². The Balaban J connectivity index is 2.14. The van der Waals surface area contributed by atoms with Crippen LogP contribution in [0.5, 0.6) is 0 Å². The first-order valence-corrected chi connectivity index (χ1v) is 6.81. The summed E-state index contributed by atoms with van der Waals surface area (Å²) in [5, 5.41) is 3.52. The number of aromatic nitrogens is 1. The maximum absolute atomic E-state index is 13.8. The van der Waals surface area contributed by atoms with Crippen LogP contribution in [0, 0.1) is 5.82 Å². The minimum absolute atomic E-state index is 0.172. The third-order valence-corrected chi connectivity index (χ3v) is 3.46. The van der Waals surface area contributed by atoms with E-state index in [-0.39, 0.29) is 10.8 Å². The van der Waals surface area contributed by atoms with Crippen molar-refractivity contribution < 1.29 is 4.39 Å². The second-order valence-corrected chi connectivity index (χ2v) is 5.02. The molecule has 1 atom stereocenters. The van der Waals surface area contributed by atoms with Crippen LogP contribution in [-0.2, 0) is 6.54 Å². The minimum Gasteiger partial charge on any atom is -0.349 e. The zero-order valence-corrected chi connectivity index (χ0v) is 11.9. The molecule has 1 aromatic carbocycles. The van der Waals surface area contributed by atoms with Crippen molar-refractivity contribution in [2.24, 2.45) is 0 Å². The van der Waals surface area contributed by atoms with Gasteiger partial charge in [0, 0.05) is 30.5 Å². The highest BCUT2D eigenvalue weighted by Crippen LogP contribution is 2.20. The standard InChI is InChI=1S/C15H18ClFN2/c1-3-18-11(2)12-7-8-19(9-12)10-13-5-4-6-14(16)15(13)17/h4-9,11,18H,3,10H2,1-2H3. The van der Waals surface area contributed by atoms with E-state index in [4.69, 9.17) is 11.6 Å². The summed E-state index contributed by atoms with van der Waals surface area (Å²) in [4.78, 5) is 0. The van der Waals surface area contributed by atoms with E-state index in [1.165, 1.54) is 5.56 Å². The zero-order valence-electron chi connectivity index (χ0n) is 11.2. The van der Waals surface area contributed by atoms with Crippen LogP contribution in [-0.4, -0.2) is 11.1 Å². The first kappa shape index (κ1) is 14.1. The molecule has 2 aromatic rings. The Kier molecular flexibility index (Phi) is 4.61. The van der Waals surface area contributed by atoms with E-state index in [1.807, 2.05) is 17.0 Å². The second kappa shape index (κ2) is 6.22. The molecule has 0 fully saturated rings. The van der Waals surface area contributed by atoms with Gasteiger partial charge in [-0.2, -0.15) is 0 Å². The van der Waals surface area contributed by atoms with Crippen LogP contribution in [0.1, 0.15) is 31.0 Å². The van der Waals surface area contributed by atoms with E-state index in [1.54, 1.807) is 18.2 Å². The monoisotopic (exact) mass is 280 g/mol. The maximum atomic E-state index is 13.8. The first-order chi connectivity index (χ1) is 9.11. The van der Waals surface area contributed by atoms with Gasteiger partial charge in [-0.3, -0.25) is 0 Å². The Bertz CT molecular complexity index is 551. The maximum Gasteiger partial charge on any atom is 0.146 e. The number of hydrogen-bond acceptors (Lipinski definition) is 1. The summed E-state index contributed by atoms with van der Waals surface area (Å²) in [5.41, 5.74) is 1.80. The highest BCUT2D eigenvalue weighted by Gasteiger charge is 2.09. The summed E-state index contributed by atoms with van der Waals surface area (Å²) in [6.45, 7) is 5.61. The van der Waals surface area contributed by atoms with Crippen molar-refractivity contribution in [3.63, 3.8) is 0 Å². The van der Waals surface area contributed by atoms with E-state index in [2.05, 4.69) is 25.2 Å². The van der Waals surface area contributed by atoms with Gasteiger partial charge < -0.3 is 9.88 Å². The summed E-state index contributed by atoms with van der Waals surface area (Å²) >= 11 is 5.78. The normalized spacial score (nSPS) is 12.6. The minimum atomic E-state index is -0.334. The Hall–Kier alpha value is -1.32. The average molecular weight is 281 g/mol. The highest BCUT2D eigenvalue weighted by atomic mass is 35.5. The Morgan fingerprint density at radius 3 is 2.89 bits per heavy atom. The van der Waals surface area contributed by atoms with Gasteiger partial charge in [-0.1, -0.05) is 30.7 Å². The SMILES string of the molecule is CCNC(C)c1ccn(Cc2cccc(Cl)c2F)c1. The molecule has 1 unspecified atom stereocenters. The van der Waals surface area contributed by atoms with Gasteiger partial charge in [-0.25, -0.2) is 4.39 Å². The molecule has 0 aliphatic rings. The topological polar surface area (TPSA) is 17.0 Å². The van der Waals surface area contributed by atoms with Crippen molar-refractivity contribution in [3.8, 4) is 0 Å². The number of halogens is 2. The molecule has 102 valence electrons. The average Bonchev–Trinajstić information content (AvgIpc) is 2.84. The van der Waals surface area contributed by atoms with E-state index in [0.29, 0.717) is 18.2 Å². The number of nitrogens with zero attached hydrogens (tertiary/aromatic N) is 1. The molecule has 1 heterocycles. The molecule has 0 radical (unpaired) electrons. The molecule has 2 nitrogen and oxygen atoms in total. The number of nitrogens with one attached hydrogen (secondary N) is 1. The predicted molar refractivity (Wildman–Crippen MR) is 77.0 cm³/mol. The third-order valence-electron chi connectivity index (χ3n) is 3.17. The van der Waals surface area contributed by atoms with Crippen molar-refractivity contribution in [1.82, 2.24) is 9.88 Å². The fourth-order valence-electron chi connectivity index (χ4n) is 2.11. The van der Waals surface area contributed by atoms with E-state index < -0.39 is 0 Å². The van der Waals surface area contributed by atoms with Crippen LogP contribution in [0.2, 0.25) is 5.02 Å². The Labute approximate surface area is 118 Å². The van der Waals surface area contributed by atoms with Crippen molar-refractivity contribution in [2.75, 3.05) is 6.54 Å². The third kappa shape index (κ3) is 3.37. The van der Waals surface area contributed by atoms with E-state index >= 15 is 0 Å². The lowest BCUT2D eigenvalue weighted by atomic mass is 10.2. The highest BCUT2D eigenvalue weighted by molar-refractivity contribution is 6.30. The summed E-state index contributed by atoms with van der Waals surface area (Å²) in [6.07, 6.45) is 4.00. The van der Waals surface area contributed by atoms with Crippen LogP contribution in [0.3, 0.4) is 0 Å². The summed E-state index contributed by atoms with van der Waals surface area (Å²) in [5.74, 6) is -0.334. The predicted octanol–water partition coefficient (Wildman–Crippen LogP) is 4.00. The lowest BCUT2D eigenvalue weighted by Gasteiger charge is -2.10. The summed E-state index contributed by atoms with van der Waals surface area (Å²) < 4.78 is 15.8. The van der Waals surface area contributed by atoms with Crippen molar-refractivity contribution >= 4 is 11.6 Å². The summed E-state index contributed by atoms with van der Waals surface area (Å²) in [6, 6.07) is 7.45. The van der Waals surface area contributed by atoms with Gasteiger partial charge in [0.1, 0.15) is 5.82 Å². The molecular weight excluding hydrogens is 263 g/mol. The van der Waals surface area contributed by atoms with Crippen molar-refractivity contribution in [2.45, 2.75) is 26.4 Å². The molecule has 0 saturated heterocycles. The van der Waals surface area contributed by atoms with Crippen LogP contribution in [0.15, 0.2) is 36.7 Å². The molecule has 2 rings (SSSR count). The van der Waals surface area contributed by atoms with Crippen molar-refractivity contribution in [3.05, 3.63) is 58.6 Å². The smallest absolute Gasteiger partial charge is 0.146 e. The van der Waals surface area contributed by atoms with Gasteiger partial charge in [0.25, 0.3) is 0 Å². The molecule has 0 aliphatic heterocycles. The lowest BCUT2D eigenvalue weighted by Crippen LogP contribution is -2.17. The molecule has 19 heavy (non-hydrogen) atoms. The van der Waals surface area contributed by atoms with Crippen LogP contribution < -0.4 is 5.32 Å². The molecule has 0 spiro atoms. The van der Waals surface area contributed by atoms with Gasteiger partial charge in [-0.05, 0) is 31.2 Å². The number of rotatable bonds is 5. The van der Waals surface area contributed by atoms with Gasteiger partial charge in [0.05, 0.1) is 5.02 Å². The molecule has 0 bridgehead atoms. The largest absolute Gasteiger partial charge is 0.349 e. The van der Waals surface area contributed by atoms with Crippen molar-refractivity contribution in [1.29, 1.82) is 0 Å². The van der Waals surface area contributed by atoms with E-state index in [9.17, 15) is 4.39 Å². The Morgan fingerprint density at radius 2 is 2.16 bits per heavy atom. The van der Waals surface area contributed by atoms with Crippen LogP contribution in [0.25, 0.3) is 0 Å². The lowest BCUT2D eigenvalue weighted by molar-refractivity contribution is 0.591. The van der Waals surface area contributed by atoms with Gasteiger partial charge in [-0.15, -0.1) is 0 Å². The second-order valence-electron chi connectivity index (χ2n) is 4.61. The molecule has 1 aromatic heterocycles. The fraction of sp³-hybridized carbons (Fsp3) is 0.333. The molecule has 0 amide bonds. The first-order valence-electron chi connectivity index (χ1n) is 6.43. The number of benzene rings is 1. The summed E-state index contributed by atoms with van der Waals surface area (Å²) in [7, 11) is 0. The van der Waals surface area contributed by atoms with Gasteiger partial charge in [0.15, 0.2) is 0 Å². The van der Waals surface area contributed by atoms with Gasteiger partial charge >= 0.3 is 0 Å². The fourth-order valence-corrected chi connectivity index (χ4v) is 2.30. The Morgan fingerprint density at radius 1 is 1.37 bits per heavy atom. The molecule has 0 aliphatic carbocycles. The van der Waals surface area contributed by atoms with Crippen LogP contribution in [0.4, 0.5) is 4.39 Å². The molecular formula is C15H18ClFN2. The van der Waals surface area contributed by atoms with E-state index in [0.717, 1.165) is 6.54 Å². The van der Waals surface area contributed by atoms with Gasteiger partial charge in [0.2, 0.25) is 0 Å². The zero-order chi connectivity index (χ0) is 13.8. The molecule has 4 heteroatoms. The number of hydrogen-bond donors (Lipinski definition) is 1.